The lowest BCUT2D eigenvalue weighted by Crippen LogP contribution is -2.52. The van der Waals surface area contributed by atoms with Crippen LogP contribution in [-0.2, 0) is 16.1 Å². The van der Waals surface area contributed by atoms with E-state index in [0.29, 0.717) is 26.2 Å². The minimum Gasteiger partial charge on any atom is -0.339 e. The number of anilines is 1. The van der Waals surface area contributed by atoms with E-state index < -0.39 is 0 Å². The second-order valence-electron chi connectivity index (χ2n) is 7.23. The normalized spacial score (nSPS) is 14.9. The number of hydrogen-bond acceptors (Lipinski definition) is 4. The maximum atomic E-state index is 12.6. The van der Waals surface area contributed by atoms with Crippen LogP contribution in [0.2, 0.25) is 0 Å². The Morgan fingerprint density at radius 2 is 1.54 bits per heavy atom. The Morgan fingerprint density at radius 3 is 2.18 bits per heavy atom. The number of carbonyl (C=O) groups excluding carboxylic acids is 2. The number of amides is 2. The average Bonchev–Trinajstić information content (AvgIpc) is 2.70. The molecule has 0 spiro atoms. The Bertz CT molecular complexity index is 759. The number of rotatable bonds is 7. The molecule has 0 aromatic heterocycles. The summed E-state index contributed by atoms with van der Waals surface area (Å²) >= 11 is 0. The lowest BCUT2D eigenvalue weighted by Gasteiger charge is -2.35. The van der Waals surface area contributed by atoms with Gasteiger partial charge in [0.05, 0.1) is 13.1 Å². The lowest BCUT2D eigenvalue weighted by molar-refractivity contribution is -0.134. The number of para-hydroxylation sites is 1. The molecule has 0 unspecified atom stereocenters. The molecule has 1 heterocycles. The molecular formula is C22H28N4O2. The third-order valence-corrected chi connectivity index (χ3v) is 4.85. The standard InChI is InChI=1S/C22H28N4O2/c1-24(16-19-8-4-2-5-9-19)18-22(28)26-14-12-25(13-15-26)17-21(27)23-20-10-6-3-7-11-20/h2-11H,12-18H2,1H3,(H,23,27). The highest BCUT2D eigenvalue weighted by atomic mass is 16.2. The van der Waals surface area contributed by atoms with E-state index in [1.807, 2.05) is 65.4 Å². The van der Waals surface area contributed by atoms with Crippen LogP contribution in [0.4, 0.5) is 5.69 Å². The summed E-state index contributed by atoms with van der Waals surface area (Å²) in [5, 5.41) is 2.90. The minimum atomic E-state index is -0.0198. The van der Waals surface area contributed by atoms with Gasteiger partial charge in [-0.1, -0.05) is 48.5 Å². The fraction of sp³-hybridized carbons (Fsp3) is 0.364. The van der Waals surface area contributed by atoms with E-state index in [0.717, 1.165) is 25.3 Å². The van der Waals surface area contributed by atoms with Crippen molar-refractivity contribution in [3.05, 3.63) is 66.2 Å². The van der Waals surface area contributed by atoms with Gasteiger partial charge in [0.1, 0.15) is 0 Å². The monoisotopic (exact) mass is 380 g/mol. The van der Waals surface area contributed by atoms with Crippen LogP contribution < -0.4 is 5.32 Å². The van der Waals surface area contributed by atoms with Crippen molar-refractivity contribution < 1.29 is 9.59 Å². The van der Waals surface area contributed by atoms with Gasteiger partial charge in [-0.3, -0.25) is 19.4 Å². The molecular weight excluding hydrogens is 352 g/mol. The van der Waals surface area contributed by atoms with E-state index in [4.69, 9.17) is 0 Å². The number of hydrogen-bond donors (Lipinski definition) is 1. The van der Waals surface area contributed by atoms with Crippen LogP contribution in [0.1, 0.15) is 5.56 Å². The first kappa shape index (κ1) is 20.0. The number of carbonyl (C=O) groups is 2. The van der Waals surface area contributed by atoms with Crippen molar-refractivity contribution in [1.29, 1.82) is 0 Å². The fourth-order valence-corrected chi connectivity index (χ4v) is 3.36. The molecule has 0 radical (unpaired) electrons. The van der Waals surface area contributed by atoms with Crippen LogP contribution in [0.25, 0.3) is 0 Å². The number of nitrogens with zero attached hydrogens (tertiary/aromatic N) is 3. The van der Waals surface area contributed by atoms with Gasteiger partial charge < -0.3 is 10.2 Å². The summed E-state index contributed by atoms with van der Waals surface area (Å²) < 4.78 is 0. The number of likely N-dealkylation sites (N-methyl/N-ethyl adjacent to an activating group) is 1. The maximum Gasteiger partial charge on any atom is 0.238 e. The first-order chi connectivity index (χ1) is 13.6. The number of piperazine rings is 1. The Hall–Kier alpha value is -2.70. The summed E-state index contributed by atoms with van der Waals surface area (Å²) in [7, 11) is 1.97. The summed E-state index contributed by atoms with van der Waals surface area (Å²) in [4.78, 5) is 30.8. The number of benzene rings is 2. The van der Waals surface area contributed by atoms with Gasteiger partial charge in [0.15, 0.2) is 0 Å². The highest BCUT2D eigenvalue weighted by molar-refractivity contribution is 5.92. The molecule has 1 aliphatic heterocycles. The molecule has 1 fully saturated rings. The van der Waals surface area contributed by atoms with E-state index in [1.165, 1.54) is 5.56 Å². The largest absolute Gasteiger partial charge is 0.339 e. The summed E-state index contributed by atoms with van der Waals surface area (Å²) in [5.41, 5.74) is 2.01. The number of nitrogens with one attached hydrogen (secondary N) is 1. The Kier molecular flexibility index (Phi) is 7.17. The molecule has 148 valence electrons. The van der Waals surface area contributed by atoms with E-state index in [9.17, 15) is 9.59 Å². The van der Waals surface area contributed by atoms with Gasteiger partial charge in [-0.25, -0.2) is 0 Å². The van der Waals surface area contributed by atoms with E-state index >= 15 is 0 Å². The van der Waals surface area contributed by atoms with Gasteiger partial charge >= 0.3 is 0 Å². The van der Waals surface area contributed by atoms with Crippen LogP contribution in [-0.4, -0.2) is 72.8 Å². The molecule has 2 aromatic carbocycles. The average molecular weight is 380 g/mol. The van der Waals surface area contributed by atoms with Gasteiger partial charge in [-0.2, -0.15) is 0 Å². The second-order valence-corrected chi connectivity index (χ2v) is 7.23. The molecule has 6 heteroatoms. The molecule has 2 amide bonds. The summed E-state index contributed by atoms with van der Waals surface area (Å²) in [6, 6.07) is 19.6. The molecule has 0 aliphatic carbocycles. The molecule has 1 saturated heterocycles. The molecule has 6 nitrogen and oxygen atoms in total. The predicted octanol–water partition coefficient (Wildman–Crippen LogP) is 1.90. The van der Waals surface area contributed by atoms with Crippen LogP contribution in [0.3, 0.4) is 0 Å². The van der Waals surface area contributed by atoms with E-state index in [1.54, 1.807) is 0 Å². The van der Waals surface area contributed by atoms with Crippen molar-refractivity contribution in [2.75, 3.05) is 51.6 Å². The van der Waals surface area contributed by atoms with Gasteiger partial charge in [-0.05, 0) is 24.7 Å². The van der Waals surface area contributed by atoms with Crippen molar-refractivity contribution in [2.24, 2.45) is 0 Å². The van der Waals surface area contributed by atoms with Crippen LogP contribution in [0, 0.1) is 0 Å². The second kappa shape index (κ2) is 10.0. The zero-order valence-electron chi connectivity index (χ0n) is 16.4. The molecule has 0 saturated carbocycles. The van der Waals surface area contributed by atoms with Gasteiger partial charge in [0.2, 0.25) is 11.8 Å². The van der Waals surface area contributed by atoms with Crippen molar-refractivity contribution >= 4 is 17.5 Å². The van der Waals surface area contributed by atoms with Crippen LogP contribution >= 0.6 is 0 Å². The van der Waals surface area contributed by atoms with Crippen molar-refractivity contribution in [1.82, 2.24) is 14.7 Å². The van der Waals surface area contributed by atoms with E-state index in [2.05, 4.69) is 22.3 Å². The molecule has 2 aromatic rings. The Labute approximate surface area is 166 Å². The first-order valence-corrected chi connectivity index (χ1v) is 9.67. The quantitative estimate of drug-likeness (QED) is 0.797. The summed E-state index contributed by atoms with van der Waals surface area (Å²) in [5.74, 6) is 0.125. The zero-order valence-corrected chi connectivity index (χ0v) is 16.4. The zero-order chi connectivity index (χ0) is 19.8. The van der Waals surface area contributed by atoms with Gasteiger partial charge in [-0.15, -0.1) is 0 Å². The van der Waals surface area contributed by atoms with Gasteiger partial charge in [0, 0.05) is 38.4 Å². The first-order valence-electron chi connectivity index (χ1n) is 9.67. The van der Waals surface area contributed by atoms with E-state index in [-0.39, 0.29) is 11.8 Å². The van der Waals surface area contributed by atoms with Crippen molar-refractivity contribution in [2.45, 2.75) is 6.54 Å². The molecule has 1 N–H and O–H groups in total. The highest BCUT2D eigenvalue weighted by Gasteiger charge is 2.23. The fourth-order valence-electron chi connectivity index (χ4n) is 3.36. The molecule has 0 bridgehead atoms. The van der Waals surface area contributed by atoms with Gasteiger partial charge in [0.25, 0.3) is 0 Å². The summed E-state index contributed by atoms with van der Waals surface area (Å²) in [6.07, 6.45) is 0. The minimum absolute atomic E-state index is 0.0198. The van der Waals surface area contributed by atoms with Crippen LogP contribution in [0.5, 0.6) is 0 Å². The Balaban J connectivity index is 1.38. The van der Waals surface area contributed by atoms with Crippen LogP contribution in [0.15, 0.2) is 60.7 Å². The smallest absolute Gasteiger partial charge is 0.238 e. The topological polar surface area (TPSA) is 55.9 Å². The van der Waals surface area contributed by atoms with Crippen molar-refractivity contribution in [3.63, 3.8) is 0 Å². The SMILES string of the molecule is CN(CC(=O)N1CCN(CC(=O)Nc2ccccc2)CC1)Cc1ccccc1. The molecule has 1 aliphatic rings. The molecule has 28 heavy (non-hydrogen) atoms. The third kappa shape index (κ3) is 6.18. The molecule has 3 rings (SSSR count). The predicted molar refractivity (Wildman–Crippen MR) is 111 cm³/mol. The molecule has 0 atom stereocenters. The third-order valence-electron chi connectivity index (χ3n) is 4.85. The Morgan fingerprint density at radius 1 is 0.929 bits per heavy atom. The maximum absolute atomic E-state index is 12.6. The lowest BCUT2D eigenvalue weighted by atomic mass is 10.2. The highest BCUT2D eigenvalue weighted by Crippen LogP contribution is 2.08. The summed E-state index contributed by atoms with van der Waals surface area (Å²) in [6.45, 7) is 4.28. The van der Waals surface area contributed by atoms with Crippen molar-refractivity contribution in [3.8, 4) is 0 Å².